The van der Waals surface area contributed by atoms with Crippen LogP contribution in [0, 0.1) is 12.7 Å². The predicted molar refractivity (Wildman–Crippen MR) is 67.7 cm³/mol. The Kier molecular flexibility index (Phi) is 3.32. The maximum absolute atomic E-state index is 13.5. The number of hydrogen-bond donors (Lipinski definition) is 2. The average Bonchev–Trinajstić information content (AvgIpc) is 2.62. The molecule has 1 amide bonds. The van der Waals surface area contributed by atoms with Crippen LogP contribution in [-0.4, -0.2) is 17.9 Å². The van der Waals surface area contributed by atoms with E-state index < -0.39 is 6.04 Å². The average molecular weight is 249 g/mol. The highest BCUT2D eigenvalue weighted by Crippen LogP contribution is 2.22. The van der Waals surface area contributed by atoms with E-state index in [1.165, 1.54) is 6.07 Å². The van der Waals surface area contributed by atoms with E-state index in [9.17, 15) is 9.18 Å². The summed E-state index contributed by atoms with van der Waals surface area (Å²) in [6.07, 6.45) is 0. The van der Waals surface area contributed by atoms with Crippen LogP contribution in [0.15, 0.2) is 23.2 Å². The van der Waals surface area contributed by atoms with Crippen molar-refractivity contribution in [1.29, 1.82) is 0 Å². The highest BCUT2D eigenvalue weighted by atomic mass is 19.1. The molecule has 18 heavy (non-hydrogen) atoms. The van der Waals surface area contributed by atoms with Crippen molar-refractivity contribution in [2.75, 3.05) is 0 Å². The van der Waals surface area contributed by atoms with Gasteiger partial charge in [-0.15, -0.1) is 0 Å². The molecule has 4 nitrogen and oxygen atoms in total. The maximum atomic E-state index is 13.5. The van der Waals surface area contributed by atoms with Crippen LogP contribution in [0.3, 0.4) is 0 Å². The van der Waals surface area contributed by atoms with E-state index in [0.29, 0.717) is 17.1 Å². The largest absolute Gasteiger partial charge is 0.354 e. The summed E-state index contributed by atoms with van der Waals surface area (Å²) in [7, 11) is 0. The summed E-state index contributed by atoms with van der Waals surface area (Å²) < 4.78 is 13.5. The Balaban J connectivity index is 2.24. The van der Waals surface area contributed by atoms with Gasteiger partial charge in [0.2, 0.25) is 0 Å². The number of carbonyl (C=O) groups is 1. The van der Waals surface area contributed by atoms with E-state index in [-0.39, 0.29) is 17.8 Å². The topological polar surface area (TPSA) is 53.5 Å². The van der Waals surface area contributed by atoms with Crippen LogP contribution in [0.5, 0.6) is 0 Å². The summed E-state index contributed by atoms with van der Waals surface area (Å²) in [5.41, 5.74) is 1.12. The van der Waals surface area contributed by atoms with Gasteiger partial charge in [0.25, 0.3) is 5.91 Å². The first kappa shape index (κ1) is 12.5. The van der Waals surface area contributed by atoms with Crippen LogP contribution in [-0.2, 0) is 4.79 Å². The summed E-state index contributed by atoms with van der Waals surface area (Å²) >= 11 is 0. The summed E-state index contributed by atoms with van der Waals surface area (Å²) in [5, 5.41) is 5.67. The van der Waals surface area contributed by atoms with Crippen LogP contribution in [0.2, 0.25) is 0 Å². The van der Waals surface area contributed by atoms with Crippen molar-refractivity contribution in [3.05, 3.63) is 35.1 Å². The summed E-state index contributed by atoms with van der Waals surface area (Å²) in [6.45, 7) is 5.59. The molecule has 5 heteroatoms. The van der Waals surface area contributed by atoms with Crippen LogP contribution in [0.4, 0.5) is 4.39 Å². The zero-order chi connectivity index (χ0) is 13.3. The van der Waals surface area contributed by atoms with Gasteiger partial charge in [0, 0.05) is 6.04 Å². The Labute approximate surface area is 105 Å². The van der Waals surface area contributed by atoms with Crippen molar-refractivity contribution >= 4 is 11.9 Å². The zero-order valence-corrected chi connectivity index (χ0v) is 10.6. The van der Waals surface area contributed by atoms with Gasteiger partial charge in [0.1, 0.15) is 5.82 Å². The molecule has 1 heterocycles. The number of aryl methyl sites for hydroxylation is 1. The van der Waals surface area contributed by atoms with E-state index >= 15 is 0 Å². The smallest absolute Gasteiger partial charge is 0.256 e. The fourth-order valence-electron chi connectivity index (χ4n) is 1.76. The number of carbonyl (C=O) groups excluding carboxylic acids is 1. The van der Waals surface area contributed by atoms with Gasteiger partial charge in [-0.1, -0.05) is 12.1 Å². The number of rotatable bonds is 2. The van der Waals surface area contributed by atoms with Crippen LogP contribution >= 0.6 is 0 Å². The first-order chi connectivity index (χ1) is 8.47. The molecule has 0 aromatic heterocycles. The molecule has 0 spiro atoms. The van der Waals surface area contributed by atoms with Gasteiger partial charge in [-0.2, -0.15) is 0 Å². The molecule has 96 valence electrons. The summed E-state index contributed by atoms with van der Waals surface area (Å²) in [6, 6.07) is 4.26. The molecule has 0 fully saturated rings. The SMILES string of the molecule is Cc1ccc(C2N=C(NC(C)C)NC2=O)cc1F. The zero-order valence-electron chi connectivity index (χ0n) is 10.6. The Morgan fingerprint density at radius 3 is 2.78 bits per heavy atom. The molecule has 1 aliphatic rings. The Bertz CT molecular complexity index is 511. The van der Waals surface area contributed by atoms with Crippen molar-refractivity contribution < 1.29 is 9.18 Å². The van der Waals surface area contributed by atoms with Crippen molar-refractivity contribution in [2.24, 2.45) is 4.99 Å². The molecule has 1 atom stereocenters. The van der Waals surface area contributed by atoms with Gasteiger partial charge < -0.3 is 5.32 Å². The second-order valence-electron chi connectivity index (χ2n) is 4.68. The van der Waals surface area contributed by atoms with Crippen LogP contribution in [0.1, 0.15) is 31.0 Å². The number of aliphatic imine (C=N–C) groups is 1. The number of nitrogens with zero attached hydrogens (tertiary/aromatic N) is 1. The molecular formula is C13H16FN3O. The van der Waals surface area contributed by atoms with E-state index in [2.05, 4.69) is 15.6 Å². The van der Waals surface area contributed by atoms with E-state index in [4.69, 9.17) is 0 Å². The molecule has 0 saturated carbocycles. The molecular weight excluding hydrogens is 233 g/mol. The van der Waals surface area contributed by atoms with E-state index in [1.807, 2.05) is 13.8 Å². The maximum Gasteiger partial charge on any atom is 0.256 e. The quantitative estimate of drug-likeness (QED) is 0.837. The van der Waals surface area contributed by atoms with Crippen molar-refractivity contribution in [2.45, 2.75) is 32.9 Å². The lowest BCUT2D eigenvalue weighted by atomic mass is 10.1. The lowest BCUT2D eigenvalue weighted by Crippen LogP contribution is -2.40. The Hall–Kier alpha value is -1.91. The lowest BCUT2D eigenvalue weighted by Gasteiger charge is -2.07. The van der Waals surface area contributed by atoms with Gasteiger partial charge in [-0.3, -0.25) is 10.1 Å². The highest BCUT2D eigenvalue weighted by molar-refractivity contribution is 6.05. The van der Waals surface area contributed by atoms with Gasteiger partial charge >= 0.3 is 0 Å². The van der Waals surface area contributed by atoms with Gasteiger partial charge in [-0.25, -0.2) is 9.38 Å². The predicted octanol–water partition coefficient (Wildman–Crippen LogP) is 1.66. The third kappa shape index (κ3) is 2.50. The number of amides is 1. The van der Waals surface area contributed by atoms with E-state index in [0.717, 1.165) is 0 Å². The Morgan fingerprint density at radius 2 is 2.17 bits per heavy atom. The minimum atomic E-state index is -0.665. The molecule has 1 aromatic rings. The molecule has 1 unspecified atom stereocenters. The van der Waals surface area contributed by atoms with Crippen molar-refractivity contribution in [3.8, 4) is 0 Å². The molecule has 0 radical (unpaired) electrons. The molecule has 0 saturated heterocycles. The van der Waals surface area contributed by atoms with Gasteiger partial charge in [0.05, 0.1) is 0 Å². The normalized spacial score (nSPS) is 18.8. The van der Waals surface area contributed by atoms with Gasteiger partial charge in [-0.05, 0) is 38.0 Å². The van der Waals surface area contributed by atoms with E-state index in [1.54, 1.807) is 19.1 Å². The molecule has 1 aromatic carbocycles. The number of hydrogen-bond acceptors (Lipinski definition) is 3. The lowest BCUT2D eigenvalue weighted by molar-refractivity contribution is -0.120. The number of nitrogens with one attached hydrogen (secondary N) is 2. The van der Waals surface area contributed by atoms with Gasteiger partial charge in [0.15, 0.2) is 12.0 Å². The van der Waals surface area contributed by atoms with Crippen LogP contribution < -0.4 is 10.6 Å². The van der Waals surface area contributed by atoms with Crippen molar-refractivity contribution in [1.82, 2.24) is 10.6 Å². The third-order valence-corrected chi connectivity index (χ3v) is 2.69. The second kappa shape index (κ2) is 4.76. The highest BCUT2D eigenvalue weighted by Gasteiger charge is 2.28. The number of guanidine groups is 1. The third-order valence-electron chi connectivity index (χ3n) is 2.69. The summed E-state index contributed by atoms with van der Waals surface area (Å²) in [4.78, 5) is 16.0. The van der Waals surface area contributed by atoms with Crippen molar-refractivity contribution in [3.63, 3.8) is 0 Å². The number of halogens is 1. The molecule has 2 N–H and O–H groups in total. The second-order valence-corrected chi connectivity index (χ2v) is 4.68. The van der Waals surface area contributed by atoms with Crippen LogP contribution in [0.25, 0.3) is 0 Å². The minimum Gasteiger partial charge on any atom is -0.354 e. The molecule has 0 aliphatic carbocycles. The standard InChI is InChI=1S/C13H16FN3O/c1-7(2)15-13-16-11(12(18)17-13)9-5-4-8(3)10(14)6-9/h4-7,11H,1-3H3,(H2,15,16,17,18). The minimum absolute atomic E-state index is 0.178. The Morgan fingerprint density at radius 1 is 1.44 bits per heavy atom. The molecule has 2 rings (SSSR count). The molecule has 0 bridgehead atoms. The first-order valence-corrected chi connectivity index (χ1v) is 5.88. The summed E-state index contributed by atoms with van der Waals surface area (Å²) in [5.74, 6) is -0.108. The number of benzene rings is 1. The monoisotopic (exact) mass is 249 g/mol. The first-order valence-electron chi connectivity index (χ1n) is 5.88. The fourth-order valence-corrected chi connectivity index (χ4v) is 1.76. The molecule has 1 aliphatic heterocycles. The fraction of sp³-hybridized carbons (Fsp3) is 0.385.